The van der Waals surface area contributed by atoms with E-state index < -0.39 is 0 Å². The fourth-order valence-corrected chi connectivity index (χ4v) is 3.09. The number of benzene rings is 1. The summed E-state index contributed by atoms with van der Waals surface area (Å²) in [6.45, 7) is 3.56. The molecule has 0 bridgehead atoms. The summed E-state index contributed by atoms with van der Waals surface area (Å²) >= 11 is 0. The molecule has 0 N–H and O–H groups in total. The van der Waals surface area contributed by atoms with Gasteiger partial charge < -0.3 is 9.14 Å². The number of nitrogens with zero attached hydrogens (tertiary/aromatic N) is 3. The van der Waals surface area contributed by atoms with Gasteiger partial charge in [-0.15, -0.1) is 0 Å². The van der Waals surface area contributed by atoms with Gasteiger partial charge >= 0.3 is 0 Å². The smallest absolute Gasteiger partial charge is 0.123 e. The lowest BCUT2D eigenvalue weighted by Gasteiger charge is -2.18. The maximum atomic E-state index is 9.52. The highest BCUT2D eigenvalue weighted by molar-refractivity contribution is 5.65. The molecule has 0 radical (unpaired) electrons. The van der Waals surface area contributed by atoms with Gasteiger partial charge in [0.25, 0.3) is 0 Å². The van der Waals surface area contributed by atoms with E-state index in [1.165, 1.54) is 5.56 Å². The second kappa shape index (κ2) is 6.77. The van der Waals surface area contributed by atoms with Crippen LogP contribution < -0.4 is 4.74 Å². The van der Waals surface area contributed by atoms with E-state index in [1.54, 1.807) is 7.11 Å². The van der Waals surface area contributed by atoms with Crippen molar-refractivity contribution in [2.45, 2.75) is 20.0 Å². The first-order valence-corrected chi connectivity index (χ1v) is 7.93. The number of methoxy groups -OCH3 is 1. The van der Waals surface area contributed by atoms with Crippen molar-refractivity contribution in [1.82, 2.24) is 9.30 Å². The first kappa shape index (κ1) is 16.1. The second-order valence-corrected chi connectivity index (χ2v) is 6.12. The molecule has 0 aliphatic heterocycles. The molecule has 24 heavy (non-hydrogen) atoms. The fraction of sp³-hybridized carbons (Fsp3) is 0.250. The van der Waals surface area contributed by atoms with Crippen LogP contribution in [0, 0.1) is 18.3 Å². The average molecular weight is 319 g/mol. The van der Waals surface area contributed by atoms with Crippen LogP contribution in [-0.4, -0.2) is 23.5 Å². The number of rotatable bonds is 5. The zero-order valence-corrected chi connectivity index (χ0v) is 14.3. The summed E-state index contributed by atoms with van der Waals surface area (Å²) in [7, 11) is 3.76. The first-order valence-electron chi connectivity index (χ1n) is 7.93. The molecule has 0 aliphatic carbocycles. The van der Waals surface area contributed by atoms with Gasteiger partial charge in [0.05, 0.1) is 18.2 Å². The van der Waals surface area contributed by atoms with Crippen LogP contribution in [0.25, 0.3) is 5.52 Å². The molecule has 122 valence electrons. The van der Waals surface area contributed by atoms with Crippen LogP contribution >= 0.6 is 0 Å². The normalized spacial score (nSPS) is 11.0. The summed E-state index contributed by atoms with van der Waals surface area (Å²) in [6.07, 6.45) is 4.01. The molecule has 3 rings (SSSR count). The molecule has 0 saturated heterocycles. The molecule has 2 aromatic heterocycles. The molecule has 0 unspecified atom stereocenters. The van der Waals surface area contributed by atoms with Gasteiger partial charge in [0, 0.05) is 36.6 Å². The van der Waals surface area contributed by atoms with Crippen LogP contribution in [0.5, 0.6) is 5.75 Å². The molecule has 4 nitrogen and oxygen atoms in total. The number of pyridine rings is 1. The topological polar surface area (TPSA) is 40.7 Å². The first-order chi connectivity index (χ1) is 11.6. The lowest BCUT2D eigenvalue weighted by Crippen LogP contribution is -2.18. The van der Waals surface area contributed by atoms with Crippen LogP contribution in [0.4, 0.5) is 0 Å². The number of aromatic nitrogens is 1. The van der Waals surface area contributed by atoms with Crippen molar-refractivity contribution in [3.63, 3.8) is 0 Å². The highest BCUT2D eigenvalue weighted by Gasteiger charge is 2.13. The SMILES string of the molecule is COc1ccc(C)cc1CN(C)Cc1cn2ccccc2c1C#N. The molecule has 0 atom stereocenters. The Kier molecular flexibility index (Phi) is 4.54. The largest absolute Gasteiger partial charge is 0.496 e. The lowest BCUT2D eigenvalue weighted by molar-refractivity contribution is 0.310. The summed E-state index contributed by atoms with van der Waals surface area (Å²) in [6, 6.07) is 14.5. The molecule has 3 aromatic rings. The highest BCUT2D eigenvalue weighted by Crippen LogP contribution is 2.23. The Morgan fingerprint density at radius 3 is 2.71 bits per heavy atom. The molecule has 0 spiro atoms. The predicted octanol–water partition coefficient (Wildman–Crippen LogP) is 3.76. The molecule has 0 aliphatic rings. The number of nitriles is 1. The molecule has 2 heterocycles. The summed E-state index contributed by atoms with van der Waals surface area (Å²) < 4.78 is 7.47. The second-order valence-electron chi connectivity index (χ2n) is 6.12. The van der Waals surface area contributed by atoms with E-state index >= 15 is 0 Å². The van der Waals surface area contributed by atoms with E-state index in [4.69, 9.17) is 4.74 Å². The maximum Gasteiger partial charge on any atom is 0.123 e. The average Bonchev–Trinajstić information content (AvgIpc) is 2.91. The quantitative estimate of drug-likeness (QED) is 0.719. The maximum absolute atomic E-state index is 9.52. The fourth-order valence-electron chi connectivity index (χ4n) is 3.09. The molecule has 1 aromatic carbocycles. The van der Waals surface area contributed by atoms with Crippen molar-refractivity contribution >= 4 is 5.52 Å². The zero-order valence-electron chi connectivity index (χ0n) is 14.3. The third-order valence-corrected chi connectivity index (χ3v) is 4.19. The minimum absolute atomic E-state index is 0.710. The Morgan fingerprint density at radius 2 is 1.96 bits per heavy atom. The van der Waals surface area contributed by atoms with Crippen molar-refractivity contribution < 1.29 is 4.74 Å². The number of hydrogen-bond acceptors (Lipinski definition) is 3. The number of ether oxygens (including phenoxy) is 1. The van der Waals surface area contributed by atoms with Crippen molar-refractivity contribution in [1.29, 1.82) is 5.26 Å². The van der Waals surface area contributed by atoms with Gasteiger partial charge in [-0.1, -0.05) is 23.8 Å². The molecule has 0 saturated carbocycles. The number of aryl methyl sites for hydroxylation is 1. The van der Waals surface area contributed by atoms with E-state index in [0.29, 0.717) is 6.54 Å². The predicted molar refractivity (Wildman–Crippen MR) is 95.0 cm³/mol. The third kappa shape index (κ3) is 3.12. The Hall–Kier alpha value is -2.77. The summed E-state index contributed by atoms with van der Waals surface area (Å²) in [4.78, 5) is 2.20. The van der Waals surface area contributed by atoms with E-state index in [-0.39, 0.29) is 0 Å². The van der Waals surface area contributed by atoms with Gasteiger partial charge in [-0.25, -0.2) is 0 Å². The minimum Gasteiger partial charge on any atom is -0.496 e. The monoisotopic (exact) mass is 319 g/mol. The Labute approximate surface area is 142 Å². The van der Waals surface area contributed by atoms with Crippen LogP contribution in [0.1, 0.15) is 22.3 Å². The van der Waals surface area contributed by atoms with E-state index in [2.05, 4.69) is 37.1 Å². The van der Waals surface area contributed by atoms with Crippen molar-refractivity contribution in [3.05, 3.63) is 71.0 Å². The Morgan fingerprint density at radius 1 is 1.17 bits per heavy atom. The summed E-state index contributed by atoms with van der Waals surface area (Å²) in [5, 5.41) is 9.52. The van der Waals surface area contributed by atoms with Gasteiger partial charge in [0.15, 0.2) is 0 Å². The zero-order chi connectivity index (χ0) is 17.1. The molecule has 0 fully saturated rings. The van der Waals surface area contributed by atoms with Gasteiger partial charge in [-0.3, -0.25) is 4.90 Å². The minimum atomic E-state index is 0.710. The lowest BCUT2D eigenvalue weighted by atomic mass is 10.1. The van der Waals surface area contributed by atoms with E-state index in [9.17, 15) is 5.26 Å². The van der Waals surface area contributed by atoms with Crippen LogP contribution in [-0.2, 0) is 13.1 Å². The molecular formula is C20H21N3O. The van der Waals surface area contributed by atoms with Gasteiger partial charge in [-0.05, 0) is 32.2 Å². The Bertz CT molecular complexity index is 905. The van der Waals surface area contributed by atoms with E-state index in [0.717, 1.165) is 34.5 Å². The van der Waals surface area contributed by atoms with Crippen LogP contribution in [0.3, 0.4) is 0 Å². The standard InChI is InChI=1S/C20H21N3O/c1-15-7-8-20(24-3)16(10-15)12-22(2)13-17-14-23-9-5-4-6-19(23)18(17)11-21/h4-10,14H,12-13H2,1-3H3. The molecular weight excluding hydrogens is 298 g/mol. The van der Waals surface area contributed by atoms with E-state index in [1.807, 2.05) is 41.1 Å². The van der Waals surface area contributed by atoms with Crippen molar-refractivity contribution in [3.8, 4) is 11.8 Å². The summed E-state index contributed by atoms with van der Waals surface area (Å²) in [5.74, 6) is 0.898. The number of fused-ring (bicyclic) bond motifs is 1. The van der Waals surface area contributed by atoms with Crippen molar-refractivity contribution in [2.75, 3.05) is 14.2 Å². The number of hydrogen-bond donors (Lipinski definition) is 0. The van der Waals surface area contributed by atoms with Crippen LogP contribution in [0.2, 0.25) is 0 Å². The summed E-state index contributed by atoms with van der Waals surface area (Å²) in [5.41, 5.74) is 5.11. The van der Waals surface area contributed by atoms with Crippen molar-refractivity contribution in [2.24, 2.45) is 0 Å². The van der Waals surface area contributed by atoms with Gasteiger partial charge in [0.2, 0.25) is 0 Å². The molecule has 4 heteroatoms. The highest BCUT2D eigenvalue weighted by atomic mass is 16.5. The van der Waals surface area contributed by atoms with Gasteiger partial charge in [0.1, 0.15) is 11.8 Å². The molecule has 0 amide bonds. The van der Waals surface area contributed by atoms with Crippen LogP contribution in [0.15, 0.2) is 48.8 Å². The Balaban J connectivity index is 1.84. The van der Waals surface area contributed by atoms with Gasteiger partial charge in [-0.2, -0.15) is 5.26 Å². The third-order valence-electron chi connectivity index (χ3n) is 4.19.